The molecule has 4 rings (SSSR count). The molecule has 0 unspecified atom stereocenters. The molecule has 0 bridgehead atoms. The number of piperazine rings is 1. The van der Waals surface area contributed by atoms with Crippen LogP contribution in [0.15, 0.2) is 40.9 Å². The second kappa shape index (κ2) is 8.58. The first kappa shape index (κ1) is 20.6. The molecule has 0 radical (unpaired) electrons. The van der Waals surface area contributed by atoms with Gasteiger partial charge in [0, 0.05) is 37.9 Å². The third-order valence-electron chi connectivity index (χ3n) is 6.11. The molecule has 1 aromatic carbocycles. The topological polar surface area (TPSA) is 60.9 Å². The summed E-state index contributed by atoms with van der Waals surface area (Å²) in [6.07, 6.45) is 8.90. The summed E-state index contributed by atoms with van der Waals surface area (Å²) in [6.45, 7) is 4.36. The maximum Gasteiger partial charge on any atom is 0.243 e. The van der Waals surface area contributed by atoms with E-state index in [1.54, 1.807) is 16.4 Å². The van der Waals surface area contributed by atoms with Gasteiger partial charge < -0.3 is 4.90 Å². The summed E-state index contributed by atoms with van der Waals surface area (Å²) < 4.78 is 27.3. The first-order chi connectivity index (χ1) is 13.9. The molecule has 6 nitrogen and oxygen atoms in total. The van der Waals surface area contributed by atoms with Gasteiger partial charge in [-0.3, -0.25) is 9.69 Å². The maximum atomic E-state index is 13.0. The second-order valence-electron chi connectivity index (χ2n) is 8.43. The normalized spacial score (nSPS) is 21.6. The Morgan fingerprint density at radius 2 is 1.76 bits per heavy atom. The number of aryl methyl sites for hydroxylation is 1. The Labute approximate surface area is 174 Å². The summed E-state index contributed by atoms with van der Waals surface area (Å²) in [7, 11) is -3.47. The number of carbonyl (C=O) groups excluding carboxylic acids is 1. The largest absolute Gasteiger partial charge is 0.312 e. The number of amides is 1. The van der Waals surface area contributed by atoms with Crippen LogP contribution in [0.2, 0.25) is 0 Å². The minimum atomic E-state index is -3.47. The first-order valence-corrected chi connectivity index (χ1v) is 12.2. The van der Waals surface area contributed by atoms with Gasteiger partial charge in [-0.2, -0.15) is 4.31 Å². The number of carbonyl (C=O) groups is 1. The highest BCUT2D eigenvalue weighted by atomic mass is 32.2. The molecule has 1 aromatic rings. The van der Waals surface area contributed by atoms with Gasteiger partial charge >= 0.3 is 0 Å². The van der Waals surface area contributed by atoms with E-state index in [0.717, 1.165) is 37.7 Å². The fourth-order valence-corrected chi connectivity index (χ4v) is 5.65. The number of hydrogen-bond acceptors (Lipinski definition) is 4. The van der Waals surface area contributed by atoms with Gasteiger partial charge in [0.1, 0.15) is 0 Å². The van der Waals surface area contributed by atoms with Crippen molar-refractivity contribution in [3.8, 4) is 0 Å². The molecule has 0 atom stereocenters. The van der Waals surface area contributed by atoms with Gasteiger partial charge in [0.15, 0.2) is 0 Å². The minimum absolute atomic E-state index is 0.176. The molecule has 1 saturated carbocycles. The Morgan fingerprint density at radius 3 is 2.34 bits per heavy atom. The Bertz CT molecular complexity index is 867. The van der Waals surface area contributed by atoms with Crippen LogP contribution in [0.4, 0.5) is 0 Å². The molecule has 0 spiro atoms. The van der Waals surface area contributed by atoms with Gasteiger partial charge in [0.25, 0.3) is 0 Å². The zero-order valence-electron chi connectivity index (χ0n) is 17.2. The van der Waals surface area contributed by atoms with Crippen LogP contribution < -0.4 is 0 Å². The number of benzene rings is 1. The van der Waals surface area contributed by atoms with Crippen molar-refractivity contribution >= 4 is 15.9 Å². The highest BCUT2D eigenvalue weighted by Gasteiger charge is 2.36. The Morgan fingerprint density at radius 1 is 1.07 bits per heavy atom. The number of allylic oxidation sites excluding steroid dienone is 2. The Kier molecular flexibility index (Phi) is 6.08. The van der Waals surface area contributed by atoms with E-state index in [2.05, 4.69) is 15.9 Å². The average molecular weight is 418 g/mol. The molecular weight excluding hydrogens is 386 g/mol. The molecule has 1 heterocycles. The van der Waals surface area contributed by atoms with Crippen molar-refractivity contribution in [2.24, 2.45) is 0 Å². The monoisotopic (exact) mass is 417 g/mol. The third kappa shape index (κ3) is 4.73. The molecule has 1 aliphatic heterocycles. The standard InChI is InChI=1S/C22H31N3O3S/c1-18-7-11-21(12-8-18)29(27,28)24-15-13-23(14-16-24)17-22(26)25(20-9-10-20)19-5-3-2-4-6-19/h5,7-8,11-12,20H,2-4,6,9-10,13-17H2,1H3. The molecule has 3 aliphatic rings. The lowest BCUT2D eigenvalue weighted by Gasteiger charge is -2.35. The van der Waals surface area contributed by atoms with Crippen LogP contribution in [-0.2, 0) is 14.8 Å². The van der Waals surface area contributed by atoms with Crippen LogP contribution in [0.1, 0.15) is 44.1 Å². The van der Waals surface area contributed by atoms with Crippen LogP contribution in [0.3, 0.4) is 0 Å². The van der Waals surface area contributed by atoms with Gasteiger partial charge in [-0.1, -0.05) is 23.8 Å². The fraction of sp³-hybridized carbons (Fsp3) is 0.591. The maximum absolute atomic E-state index is 13.0. The lowest BCUT2D eigenvalue weighted by atomic mass is 10.0. The smallest absolute Gasteiger partial charge is 0.243 e. The van der Waals surface area contributed by atoms with Gasteiger partial charge in [0.2, 0.25) is 15.9 Å². The molecule has 2 aliphatic carbocycles. The molecule has 29 heavy (non-hydrogen) atoms. The lowest BCUT2D eigenvalue weighted by molar-refractivity contribution is -0.131. The van der Waals surface area contributed by atoms with Crippen LogP contribution in [0.25, 0.3) is 0 Å². The van der Waals surface area contributed by atoms with Crippen molar-refractivity contribution in [1.82, 2.24) is 14.1 Å². The summed E-state index contributed by atoms with van der Waals surface area (Å²) in [5.41, 5.74) is 2.25. The minimum Gasteiger partial charge on any atom is -0.312 e. The average Bonchev–Trinajstić information content (AvgIpc) is 3.55. The zero-order chi connectivity index (χ0) is 20.4. The van der Waals surface area contributed by atoms with Gasteiger partial charge in [-0.25, -0.2) is 8.42 Å². The van der Waals surface area contributed by atoms with Crippen LogP contribution in [-0.4, -0.2) is 67.2 Å². The molecule has 2 fully saturated rings. The van der Waals surface area contributed by atoms with Crippen LogP contribution >= 0.6 is 0 Å². The molecular formula is C22H31N3O3S. The quantitative estimate of drug-likeness (QED) is 0.714. The van der Waals surface area contributed by atoms with Crippen LogP contribution in [0.5, 0.6) is 0 Å². The number of rotatable bonds is 6. The van der Waals surface area contributed by atoms with E-state index in [1.807, 2.05) is 19.1 Å². The number of hydrogen-bond donors (Lipinski definition) is 0. The molecule has 0 N–H and O–H groups in total. The van der Waals surface area contributed by atoms with Crippen molar-refractivity contribution < 1.29 is 13.2 Å². The first-order valence-electron chi connectivity index (χ1n) is 10.8. The van der Waals surface area contributed by atoms with Gasteiger partial charge in [-0.15, -0.1) is 0 Å². The Hall–Kier alpha value is -1.70. The Balaban J connectivity index is 1.35. The lowest BCUT2D eigenvalue weighted by Crippen LogP contribution is -2.51. The second-order valence-corrected chi connectivity index (χ2v) is 10.4. The summed E-state index contributed by atoms with van der Waals surface area (Å²) in [4.78, 5) is 17.5. The summed E-state index contributed by atoms with van der Waals surface area (Å²) in [5.74, 6) is 0.176. The highest BCUT2D eigenvalue weighted by molar-refractivity contribution is 7.89. The van der Waals surface area contributed by atoms with Gasteiger partial charge in [-0.05, 0) is 57.6 Å². The van der Waals surface area contributed by atoms with E-state index in [0.29, 0.717) is 43.7 Å². The SMILES string of the molecule is Cc1ccc(S(=O)(=O)N2CCN(CC(=O)N(C3=CCCCC3)C3CC3)CC2)cc1. The number of sulfonamides is 1. The molecule has 0 aromatic heterocycles. The molecule has 7 heteroatoms. The molecule has 1 saturated heterocycles. The molecule has 1 amide bonds. The van der Waals surface area contributed by atoms with Crippen molar-refractivity contribution in [1.29, 1.82) is 0 Å². The summed E-state index contributed by atoms with van der Waals surface area (Å²) in [5, 5.41) is 0. The third-order valence-corrected chi connectivity index (χ3v) is 8.02. The van der Waals surface area contributed by atoms with E-state index >= 15 is 0 Å². The van der Waals surface area contributed by atoms with E-state index in [1.165, 1.54) is 12.1 Å². The van der Waals surface area contributed by atoms with Crippen molar-refractivity contribution in [2.75, 3.05) is 32.7 Å². The summed E-state index contributed by atoms with van der Waals surface area (Å²) in [6, 6.07) is 7.38. The van der Waals surface area contributed by atoms with Crippen LogP contribution in [0, 0.1) is 6.92 Å². The number of nitrogens with zero attached hydrogens (tertiary/aromatic N) is 3. The van der Waals surface area contributed by atoms with E-state index in [9.17, 15) is 13.2 Å². The van der Waals surface area contributed by atoms with Crippen molar-refractivity contribution in [3.63, 3.8) is 0 Å². The van der Waals surface area contributed by atoms with Gasteiger partial charge in [0.05, 0.1) is 11.4 Å². The van der Waals surface area contributed by atoms with E-state index in [4.69, 9.17) is 0 Å². The van der Waals surface area contributed by atoms with E-state index in [-0.39, 0.29) is 5.91 Å². The highest BCUT2D eigenvalue weighted by Crippen LogP contribution is 2.34. The van der Waals surface area contributed by atoms with Crippen molar-refractivity contribution in [2.45, 2.75) is 56.4 Å². The summed E-state index contributed by atoms with van der Waals surface area (Å²) >= 11 is 0. The predicted molar refractivity (Wildman–Crippen MR) is 113 cm³/mol. The molecule has 158 valence electrons. The fourth-order valence-electron chi connectivity index (χ4n) is 4.23. The van der Waals surface area contributed by atoms with E-state index < -0.39 is 10.0 Å². The zero-order valence-corrected chi connectivity index (χ0v) is 18.0. The van der Waals surface area contributed by atoms with Crippen molar-refractivity contribution in [3.05, 3.63) is 41.6 Å². The predicted octanol–water partition coefficient (Wildman–Crippen LogP) is 2.75.